The number of halogens is 2. The summed E-state index contributed by atoms with van der Waals surface area (Å²) in [6, 6.07) is 7.92. The molecule has 1 aromatic carbocycles. The zero-order chi connectivity index (χ0) is 11.6. The second-order valence-electron chi connectivity index (χ2n) is 4.33. The first kappa shape index (κ1) is 11.9. The molecule has 88 valence electrons. The summed E-state index contributed by atoms with van der Waals surface area (Å²) >= 11 is 3.50. The minimum absolute atomic E-state index is 0.105. The molecule has 2 rings (SSSR count). The summed E-state index contributed by atoms with van der Waals surface area (Å²) in [4.78, 5) is 2.07. The van der Waals surface area contributed by atoms with E-state index >= 15 is 0 Å². The molecule has 1 aromatic rings. The van der Waals surface area contributed by atoms with Crippen molar-refractivity contribution in [2.45, 2.75) is 18.5 Å². The van der Waals surface area contributed by atoms with Gasteiger partial charge in [-0.1, -0.05) is 12.1 Å². The number of hydrogen-bond donors (Lipinski definition) is 1. The van der Waals surface area contributed by atoms with E-state index in [0.29, 0.717) is 13.0 Å². The van der Waals surface area contributed by atoms with Crippen LogP contribution < -0.4 is 10.6 Å². The topological polar surface area (TPSA) is 29.3 Å². The Kier molecular flexibility index (Phi) is 3.50. The highest BCUT2D eigenvalue weighted by Crippen LogP contribution is 2.32. The number of para-hydroxylation sites is 1. The molecule has 1 fully saturated rings. The van der Waals surface area contributed by atoms with Gasteiger partial charge in [0.1, 0.15) is 5.67 Å². The molecule has 0 amide bonds. The van der Waals surface area contributed by atoms with Crippen LogP contribution in [0.2, 0.25) is 0 Å². The Hall–Kier alpha value is -0.610. The third-order valence-corrected chi connectivity index (χ3v) is 3.76. The van der Waals surface area contributed by atoms with Gasteiger partial charge < -0.3 is 10.6 Å². The van der Waals surface area contributed by atoms with Crippen LogP contribution in [0.3, 0.4) is 0 Å². The minimum atomic E-state index is -1.23. The van der Waals surface area contributed by atoms with E-state index < -0.39 is 5.67 Å². The summed E-state index contributed by atoms with van der Waals surface area (Å²) in [5.41, 5.74) is 5.33. The van der Waals surface area contributed by atoms with E-state index in [-0.39, 0.29) is 6.54 Å². The lowest BCUT2D eigenvalue weighted by molar-refractivity contribution is 0.146. The highest BCUT2D eigenvalue weighted by molar-refractivity contribution is 9.10. The highest BCUT2D eigenvalue weighted by Gasteiger charge is 2.34. The zero-order valence-electron chi connectivity index (χ0n) is 9.13. The summed E-state index contributed by atoms with van der Waals surface area (Å²) in [7, 11) is 0. The molecule has 16 heavy (non-hydrogen) atoms. The SMILES string of the molecule is NCC1(F)CCCN(c2ccccc2Br)C1. The summed E-state index contributed by atoms with van der Waals surface area (Å²) in [5.74, 6) is 0. The number of alkyl halides is 1. The average molecular weight is 287 g/mol. The first-order valence-corrected chi connectivity index (χ1v) is 6.32. The van der Waals surface area contributed by atoms with Crippen LogP contribution in [0.15, 0.2) is 28.7 Å². The van der Waals surface area contributed by atoms with Gasteiger partial charge in [0.2, 0.25) is 0 Å². The zero-order valence-corrected chi connectivity index (χ0v) is 10.7. The van der Waals surface area contributed by atoms with Gasteiger partial charge in [-0.05, 0) is 40.9 Å². The average Bonchev–Trinajstić information content (AvgIpc) is 2.30. The van der Waals surface area contributed by atoms with Crippen molar-refractivity contribution in [3.63, 3.8) is 0 Å². The predicted octanol–water partition coefficient (Wildman–Crippen LogP) is 2.72. The molecule has 1 heterocycles. The first-order chi connectivity index (χ1) is 7.64. The van der Waals surface area contributed by atoms with Gasteiger partial charge in [-0.25, -0.2) is 4.39 Å². The molecule has 1 atom stereocenters. The maximum atomic E-state index is 14.2. The molecule has 4 heteroatoms. The first-order valence-electron chi connectivity index (χ1n) is 5.53. The molecule has 1 saturated heterocycles. The third kappa shape index (κ3) is 2.38. The standard InChI is InChI=1S/C12H16BrFN2/c13-10-4-1-2-5-11(10)16-7-3-6-12(14,8-15)9-16/h1-2,4-5H,3,6-9,15H2. The number of benzene rings is 1. The molecule has 2 nitrogen and oxygen atoms in total. The molecule has 2 N–H and O–H groups in total. The van der Waals surface area contributed by atoms with Crippen molar-refractivity contribution in [1.29, 1.82) is 0 Å². The molecular weight excluding hydrogens is 271 g/mol. The third-order valence-electron chi connectivity index (χ3n) is 3.09. The van der Waals surface area contributed by atoms with Crippen molar-refractivity contribution in [1.82, 2.24) is 0 Å². The van der Waals surface area contributed by atoms with Crippen LogP contribution in [0.1, 0.15) is 12.8 Å². The van der Waals surface area contributed by atoms with E-state index in [1.54, 1.807) is 0 Å². The summed E-state index contributed by atoms with van der Waals surface area (Å²) in [5, 5.41) is 0. The van der Waals surface area contributed by atoms with E-state index in [9.17, 15) is 4.39 Å². The van der Waals surface area contributed by atoms with Gasteiger partial charge in [-0.2, -0.15) is 0 Å². The smallest absolute Gasteiger partial charge is 0.140 e. The number of anilines is 1. The van der Waals surface area contributed by atoms with Crippen molar-refractivity contribution in [2.75, 3.05) is 24.5 Å². The van der Waals surface area contributed by atoms with Crippen LogP contribution in [0.4, 0.5) is 10.1 Å². The van der Waals surface area contributed by atoms with E-state index in [1.807, 2.05) is 24.3 Å². The Bertz CT molecular complexity index is 372. The molecule has 1 aliphatic rings. The van der Waals surface area contributed by atoms with E-state index in [1.165, 1.54) is 0 Å². The largest absolute Gasteiger partial charge is 0.367 e. The summed E-state index contributed by atoms with van der Waals surface area (Å²) in [6.07, 6.45) is 1.43. The Morgan fingerprint density at radius 3 is 2.88 bits per heavy atom. The number of rotatable bonds is 2. The Morgan fingerprint density at radius 1 is 1.44 bits per heavy atom. The van der Waals surface area contributed by atoms with Crippen molar-refractivity contribution < 1.29 is 4.39 Å². The van der Waals surface area contributed by atoms with Gasteiger partial charge in [0, 0.05) is 17.6 Å². The van der Waals surface area contributed by atoms with Gasteiger partial charge in [0.25, 0.3) is 0 Å². The number of nitrogens with zero attached hydrogens (tertiary/aromatic N) is 1. The van der Waals surface area contributed by atoms with Crippen LogP contribution in [0.5, 0.6) is 0 Å². The number of piperidine rings is 1. The minimum Gasteiger partial charge on any atom is -0.367 e. The molecule has 0 radical (unpaired) electrons. The van der Waals surface area contributed by atoms with Gasteiger partial charge in [0.05, 0.1) is 12.2 Å². The van der Waals surface area contributed by atoms with Gasteiger partial charge in [-0.15, -0.1) is 0 Å². The molecule has 0 aromatic heterocycles. The number of nitrogens with two attached hydrogens (primary N) is 1. The molecule has 0 spiro atoms. The lowest BCUT2D eigenvalue weighted by Gasteiger charge is -2.38. The molecule has 0 bridgehead atoms. The summed E-state index contributed by atoms with van der Waals surface area (Å²) < 4.78 is 15.2. The Labute approximate surface area is 104 Å². The van der Waals surface area contributed by atoms with E-state index in [4.69, 9.17) is 5.73 Å². The van der Waals surface area contributed by atoms with Gasteiger partial charge in [0.15, 0.2) is 0 Å². The maximum absolute atomic E-state index is 14.2. The van der Waals surface area contributed by atoms with Crippen molar-refractivity contribution in [2.24, 2.45) is 5.73 Å². The quantitative estimate of drug-likeness (QED) is 0.906. The highest BCUT2D eigenvalue weighted by atomic mass is 79.9. The molecule has 0 saturated carbocycles. The van der Waals surface area contributed by atoms with Crippen LogP contribution in [0, 0.1) is 0 Å². The molecule has 1 aliphatic heterocycles. The van der Waals surface area contributed by atoms with E-state index in [0.717, 1.165) is 23.1 Å². The maximum Gasteiger partial charge on any atom is 0.140 e. The normalized spacial score (nSPS) is 25.8. The van der Waals surface area contributed by atoms with E-state index in [2.05, 4.69) is 20.8 Å². The van der Waals surface area contributed by atoms with Gasteiger partial charge in [-0.3, -0.25) is 0 Å². The van der Waals surface area contributed by atoms with Crippen molar-refractivity contribution in [3.05, 3.63) is 28.7 Å². The van der Waals surface area contributed by atoms with Crippen LogP contribution in [0.25, 0.3) is 0 Å². The Morgan fingerprint density at radius 2 is 2.19 bits per heavy atom. The van der Waals surface area contributed by atoms with Gasteiger partial charge >= 0.3 is 0 Å². The fourth-order valence-corrected chi connectivity index (χ4v) is 2.70. The van der Waals surface area contributed by atoms with Crippen molar-refractivity contribution >= 4 is 21.6 Å². The monoisotopic (exact) mass is 286 g/mol. The second kappa shape index (κ2) is 4.72. The lowest BCUT2D eigenvalue weighted by atomic mass is 9.94. The molecular formula is C12H16BrFN2. The van der Waals surface area contributed by atoms with Crippen LogP contribution in [-0.4, -0.2) is 25.3 Å². The van der Waals surface area contributed by atoms with Crippen LogP contribution in [-0.2, 0) is 0 Å². The fraction of sp³-hybridized carbons (Fsp3) is 0.500. The fourth-order valence-electron chi connectivity index (χ4n) is 2.17. The predicted molar refractivity (Wildman–Crippen MR) is 68.5 cm³/mol. The number of hydrogen-bond acceptors (Lipinski definition) is 2. The summed E-state index contributed by atoms with van der Waals surface area (Å²) in [6.45, 7) is 1.40. The second-order valence-corrected chi connectivity index (χ2v) is 5.19. The van der Waals surface area contributed by atoms with Crippen LogP contribution >= 0.6 is 15.9 Å². The molecule has 1 unspecified atom stereocenters. The Balaban J connectivity index is 2.19. The lowest BCUT2D eigenvalue weighted by Crippen LogP contribution is -2.49. The molecule has 0 aliphatic carbocycles. The van der Waals surface area contributed by atoms with Crippen molar-refractivity contribution in [3.8, 4) is 0 Å².